The van der Waals surface area contributed by atoms with Crippen LogP contribution in [0.2, 0.25) is 10.0 Å². The zero-order valence-electron chi connectivity index (χ0n) is 14.9. The first-order valence-electron chi connectivity index (χ1n) is 9.84. The van der Waals surface area contributed by atoms with Gasteiger partial charge in [0.15, 0.2) is 0 Å². The molecule has 5 aliphatic rings. The van der Waals surface area contributed by atoms with Crippen LogP contribution in [0.4, 0.5) is 0 Å². The number of carbonyl (C=O) groups excluding carboxylic acids is 1. The highest BCUT2D eigenvalue weighted by atomic mass is 35.5. The van der Waals surface area contributed by atoms with Gasteiger partial charge in [0.2, 0.25) is 5.91 Å². The zero-order chi connectivity index (χ0) is 18.1. The van der Waals surface area contributed by atoms with Gasteiger partial charge in [-0.05, 0) is 80.9 Å². The third kappa shape index (κ3) is 2.70. The lowest BCUT2D eigenvalue weighted by Crippen LogP contribution is -2.65. The van der Waals surface area contributed by atoms with E-state index in [9.17, 15) is 9.90 Å². The number of carbonyl (C=O) groups is 1. The van der Waals surface area contributed by atoms with Crippen LogP contribution in [0, 0.1) is 17.8 Å². The second-order valence-corrected chi connectivity index (χ2v) is 10.2. The summed E-state index contributed by atoms with van der Waals surface area (Å²) in [4.78, 5) is 15.4. The van der Waals surface area contributed by atoms with Crippen LogP contribution in [0.15, 0.2) is 18.2 Å². The van der Waals surface area contributed by atoms with E-state index in [1.807, 2.05) is 12.1 Å². The minimum absolute atomic E-state index is 0.00340. The van der Waals surface area contributed by atoms with E-state index in [1.54, 1.807) is 6.07 Å². The Morgan fingerprint density at radius 2 is 1.88 bits per heavy atom. The summed E-state index contributed by atoms with van der Waals surface area (Å²) in [6.07, 6.45) is 7.65. The standard InChI is InChI=1S/C21H25Cl2NO2/c22-17-2-1-15(18(23)7-17)6-16-3-4-24(19(16)25)20-8-13-5-14(9-20)11-21(26,10-13)12-20/h1-2,7,13-14,16,26H,3-6,8-12H2. The number of benzene rings is 1. The van der Waals surface area contributed by atoms with Crippen LogP contribution < -0.4 is 0 Å². The average molecular weight is 394 g/mol. The molecule has 4 saturated carbocycles. The molecule has 0 spiro atoms. The SMILES string of the molecule is O=C1C(Cc2ccc(Cl)cc2Cl)CCN1C12CC3CC(CC(O)(C3)C1)C2. The van der Waals surface area contributed by atoms with Gasteiger partial charge in [0, 0.05) is 28.0 Å². The molecule has 5 fully saturated rings. The predicted molar refractivity (Wildman–Crippen MR) is 102 cm³/mol. The fraction of sp³-hybridized carbons (Fsp3) is 0.667. The summed E-state index contributed by atoms with van der Waals surface area (Å²) in [7, 11) is 0. The molecule has 1 aromatic rings. The smallest absolute Gasteiger partial charge is 0.226 e. The third-order valence-corrected chi connectivity index (χ3v) is 7.96. The molecule has 5 heteroatoms. The maximum atomic E-state index is 13.3. The molecule has 3 atom stereocenters. The van der Waals surface area contributed by atoms with Crippen LogP contribution in [-0.4, -0.2) is 33.6 Å². The van der Waals surface area contributed by atoms with E-state index in [1.165, 1.54) is 6.42 Å². The molecule has 4 aliphatic carbocycles. The number of aliphatic hydroxyl groups is 1. The van der Waals surface area contributed by atoms with Crippen molar-refractivity contribution in [3.8, 4) is 0 Å². The molecular formula is C21H25Cl2NO2. The van der Waals surface area contributed by atoms with Crippen molar-refractivity contribution < 1.29 is 9.90 Å². The maximum absolute atomic E-state index is 13.3. The summed E-state index contributed by atoms with van der Waals surface area (Å²) in [6.45, 7) is 0.824. The normalized spacial score (nSPS) is 41.3. The van der Waals surface area contributed by atoms with Crippen molar-refractivity contribution >= 4 is 29.1 Å². The summed E-state index contributed by atoms with van der Waals surface area (Å²) in [5.41, 5.74) is 0.386. The van der Waals surface area contributed by atoms with Gasteiger partial charge >= 0.3 is 0 Å². The summed E-state index contributed by atoms with van der Waals surface area (Å²) in [5, 5.41) is 12.3. The van der Waals surface area contributed by atoms with E-state index in [0.29, 0.717) is 28.3 Å². The fourth-order valence-electron chi connectivity index (χ4n) is 6.83. The van der Waals surface area contributed by atoms with Crippen molar-refractivity contribution in [1.82, 2.24) is 4.90 Å². The minimum Gasteiger partial charge on any atom is -0.390 e. The Kier molecular flexibility index (Phi) is 3.91. The molecule has 0 aromatic heterocycles. The van der Waals surface area contributed by atoms with Crippen LogP contribution in [0.5, 0.6) is 0 Å². The third-order valence-electron chi connectivity index (χ3n) is 7.37. The molecule has 1 aromatic carbocycles. The molecule has 3 nitrogen and oxygen atoms in total. The molecule has 1 heterocycles. The van der Waals surface area contributed by atoms with Crippen LogP contribution in [0.1, 0.15) is 50.5 Å². The first-order valence-corrected chi connectivity index (χ1v) is 10.6. The highest BCUT2D eigenvalue weighted by Gasteiger charge is 2.61. The summed E-state index contributed by atoms with van der Waals surface area (Å²) in [5.74, 6) is 1.45. The number of rotatable bonds is 3. The number of halogens is 2. The van der Waals surface area contributed by atoms with E-state index in [0.717, 1.165) is 50.6 Å². The molecule has 6 rings (SSSR count). The van der Waals surface area contributed by atoms with Crippen LogP contribution in [-0.2, 0) is 11.2 Å². The van der Waals surface area contributed by atoms with E-state index in [-0.39, 0.29) is 17.4 Å². The quantitative estimate of drug-likeness (QED) is 0.822. The Bertz CT molecular complexity index is 750. The molecule has 1 saturated heterocycles. The van der Waals surface area contributed by atoms with Gasteiger partial charge in [0.1, 0.15) is 0 Å². The lowest BCUT2D eigenvalue weighted by atomic mass is 9.50. The van der Waals surface area contributed by atoms with Crippen molar-refractivity contribution in [2.45, 2.75) is 62.5 Å². The van der Waals surface area contributed by atoms with E-state index in [4.69, 9.17) is 23.2 Å². The van der Waals surface area contributed by atoms with Gasteiger partial charge in [-0.25, -0.2) is 0 Å². The fourth-order valence-corrected chi connectivity index (χ4v) is 7.32. The van der Waals surface area contributed by atoms with Crippen LogP contribution in [0.25, 0.3) is 0 Å². The Labute approximate surface area is 164 Å². The minimum atomic E-state index is -0.526. The zero-order valence-corrected chi connectivity index (χ0v) is 16.4. The van der Waals surface area contributed by atoms with Gasteiger partial charge in [-0.3, -0.25) is 4.79 Å². The molecule has 0 radical (unpaired) electrons. The Balaban J connectivity index is 1.37. The molecule has 4 bridgehead atoms. The number of hydrogen-bond acceptors (Lipinski definition) is 2. The van der Waals surface area contributed by atoms with Crippen LogP contribution in [0.3, 0.4) is 0 Å². The second-order valence-electron chi connectivity index (χ2n) is 9.33. The van der Waals surface area contributed by atoms with Crippen molar-refractivity contribution in [1.29, 1.82) is 0 Å². The number of amides is 1. The lowest BCUT2D eigenvalue weighted by molar-refractivity contribution is -0.180. The number of hydrogen-bond donors (Lipinski definition) is 1. The highest BCUT2D eigenvalue weighted by Crippen LogP contribution is 2.60. The van der Waals surface area contributed by atoms with E-state index >= 15 is 0 Å². The summed E-state index contributed by atoms with van der Waals surface area (Å²) < 4.78 is 0. The molecule has 3 unspecified atom stereocenters. The summed E-state index contributed by atoms with van der Waals surface area (Å²) in [6, 6.07) is 5.53. The largest absolute Gasteiger partial charge is 0.390 e. The Morgan fingerprint density at radius 1 is 1.15 bits per heavy atom. The van der Waals surface area contributed by atoms with Gasteiger partial charge in [-0.1, -0.05) is 29.3 Å². The maximum Gasteiger partial charge on any atom is 0.226 e. The summed E-state index contributed by atoms with van der Waals surface area (Å²) >= 11 is 12.3. The lowest BCUT2D eigenvalue weighted by Gasteiger charge is -2.62. The average Bonchev–Trinajstić information content (AvgIpc) is 2.89. The van der Waals surface area contributed by atoms with Crippen LogP contribution >= 0.6 is 23.2 Å². The Morgan fingerprint density at radius 3 is 2.54 bits per heavy atom. The number of nitrogens with zero attached hydrogens (tertiary/aromatic N) is 1. The van der Waals surface area contributed by atoms with Crippen molar-refractivity contribution in [2.75, 3.05) is 6.54 Å². The molecule has 26 heavy (non-hydrogen) atoms. The number of likely N-dealkylation sites (tertiary alicyclic amines) is 1. The van der Waals surface area contributed by atoms with Gasteiger partial charge in [-0.2, -0.15) is 0 Å². The highest BCUT2D eigenvalue weighted by molar-refractivity contribution is 6.35. The molecule has 1 amide bonds. The first-order chi connectivity index (χ1) is 12.4. The van der Waals surface area contributed by atoms with Gasteiger partial charge in [-0.15, -0.1) is 0 Å². The van der Waals surface area contributed by atoms with Crippen molar-refractivity contribution in [3.63, 3.8) is 0 Å². The molecular weight excluding hydrogens is 369 g/mol. The van der Waals surface area contributed by atoms with Gasteiger partial charge in [0.25, 0.3) is 0 Å². The van der Waals surface area contributed by atoms with Crippen molar-refractivity contribution in [3.05, 3.63) is 33.8 Å². The van der Waals surface area contributed by atoms with Gasteiger partial charge in [0.05, 0.1) is 5.60 Å². The van der Waals surface area contributed by atoms with Crippen molar-refractivity contribution in [2.24, 2.45) is 17.8 Å². The Hall–Kier alpha value is -0.770. The van der Waals surface area contributed by atoms with E-state index in [2.05, 4.69) is 4.90 Å². The monoisotopic (exact) mass is 393 g/mol. The predicted octanol–water partition coefficient (Wildman–Crippen LogP) is 4.47. The van der Waals surface area contributed by atoms with Gasteiger partial charge < -0.3 is 10.0 Å². The molecule has 140 valence electrons. The second kappa shape index (κ2) is 5.86. The molecule has 1 aliphatic heterocycles. The topological polar surface area (TPSA) is 40.5 Å². The molecule has 1 N–H and O–H groups in total. The first kappa shape index (κ1) is 17.3. The van der Waals surface area contributed by atoms with E-state index < -0.39 is 5.60 Å².